The fraction of sp³-hybridized carbons (Fsp3) is 0.286. The monoisotopic (exact) mass is 326 g/mol. The summed E-state index contributed by atoms with van der Waals surface area (Å²) >= 11 is 11.9. The second kappa shape index (κ2) is 8.02. The summed E-state index contributed by atoms with van der Waals surface area (Å²) in [5, 5.41) is 7.39. The molecule has 0 aliphatic rings. The van der Waals surface area contributed by atoms with Crippen molar-refractivity contribution < 1.29 is 4.74 Å². The zero-order chi connectivity index (χ0) is 15.1. The van der Waals surface area contributed by atoms with Crippen LogP contribution < -0.4 is 10.6 Å². The van der Waals surface area contributed by atoms with Gasteiger partial charge < -0.3 is 15.4 Å². The molecule has 21 heavy (non-hydrogen) atoms. The highest BCUT2D eigenvalue weighted by Crippen LogP contribution is 2.24. The zero-order valence-corrected chi connectivity index (χ0v) is 13.1. The van der Waals surface area contributed by atoms with E-state index in [2.05, 4.69) is 20.6 Å². The molecule has 0 bridgehead atoms. The molecule has 2 aromatic rings. The van der Waals surface area contributed by atoms with Crippen molar-refractivity contribution in [3.8, 4) is 0 Å². The maximum absolute atomic E-state index is 5.96. The van der Waals surface area contributed by atoms with Gasteiger partial charge in [0.25, 0.3) is 0 Å². The fourth-order valence-electron chi connectivity index (χ4n) is 1.71. The number of rotatable bonds is 7. The van der Waals surface area contributed by atoms with Crippen molar-refractivity contribution in [2.75, 3.05) is 30.9 Å². The average molecular weight is 327 g/mol. The van der Waals surface area contributed by atoms with Crippen LogP contribution in [0, 0.1) is 0 Å². The number of nitrogens with zero attached hydrogens (tertiary/aromatic N) is 2. The molecule has 0 saturated carbocycles. The number of benzene rings is 1. The van der Waals surface area contributed by atoms with E-state index in [0.717, 1.165) is 24.5 Å². The molecule has 2 rings (SSSR count). The molecule has 112 valence electrons. The van der Waals surface area contributed by atoms with Crippen molar-refractivity contribution in [1.29, 1.82) is 0 Å². The molecule has 0 amide bonds. The lowest BCUT2D eigenvalue weighted by Crippen LogP contribution is -2.07. The van der Waals surface area contributed by atoms with Gasteiger partial charge in [-0.25, -0.2) is 4.98 Å². The number of methoxy groups -OCH3 is 1. The van der Waals surface area contributed by atoms with Crippen LogP contribution in [0.1, 0.15) is 6.42 Å². The Morgan fingerprint density at radius 2 is 1.95 bits per heavy atom. The Bertz CT molecular complexity index is 575. The molecule has 0 saturated heterocycles. The van der Waals surface area contributed by atoms with Gasteiger partial charge in [0.2, 0.25) is 5.95 Å². The Balaban J connectivity index is 2.00. The van der Waals surface area contributed by atoms with Crippen LogP contribution >= 0.6 is 23.2 Å². The molecule has 0 radical (unpaired) electrons. The Morgan fingerprint density at radius 1 is 1.19 bits per heavy atom. The van der Waals surface area contributed by atoms with E-state index in [1.807, 2.05) is 6.07 Å². The maximum Gasteiger partial charge on any atom is 0.229 e. The Morgan fingerprint density at radius 3 is 2.67 bits per heavy atom. The van der Waals surface area contributed by atoms with Crippen LogP contribution in [0.2, 0.25) is 10.0 Å². The summed E-state index contributed by atoms with van der Waals surface area (Å²) in [5.41, 5.74) is 0.740. The SMILES string of the molecule is COCCCNc1ccnc(Nc2cc(Cl)cc(Cl)c2)n1. The minimum absolute atomic E-state index is 0.477. The van der Waals surface area contributed by atoms with Crippen molar-refractivity contribution in [3.63, 3.8) is 0 Å². The number of aromatic nitrogens is 2. The van der Waals surface area contributed by atoms with Gasteiger partial charge in [-0.2, -0.15) is 4.98 Å². The lowest BCUT2D eigenvalue weighted by molar-refractivity contribution is 0.198. The lowest BCUT2D eigenvalue weighted by Gasteiger charge is -2.09. The number of ether oxygens (including phenoxy) is 1. The second-order valence-electron chi connectivity index (χ2n) is 4.32. The first-order valence-electron chi connectivity index (χ1n) is 6.46. The molecule has 1 heterocycles. The van der Waals surface area contributed by atoms with E-state index in [1.165, 1.54) is 0 Å². The van der Waals surface area contributed by atoms with Crippen LogP contribution in [0.4, 0.5) is 17.5 Å². The highest BCUT2D eigenvalue weighted by Gasteiger charge is 2.02. The first-order valence-corrected chi connectivity index (χ1v) is 7.22. The summed E-state index contributed by atoms with van der Waals surface area (Å²) in [7, 11) is 1.68. The van der Waals surface area contributed by atoms with Crippen LogP contribution in [0.3, 0.4) is 0 Å². The Hall–Kier alpha value is -1.56. The van der Waals surface area contributed by atoms with E-state index in [9.17, 15) is 0 Å². The van der Waals surface area contributed by atoms with E-state index in [4.69, 9.17) is 27.9 Å². The van der Waals surface area contributed by atoms with Crippen LogP contribution in [0.15, 0.2) is 30.5 Å². The molecule has 1 aromatic heterocycles. The minimum atomic E-state index is 0.477. The molecular weight excluding hydrogens is 311 g/mol. The molecule has 7 heteroatoms. The van der Waals surface area contributed by atoms with Gasteiger partial charge in [-0.05, 0) is 30.7 Å². The molecule has 0 atom stereocenters. The third-order valence-electron chi connectivity index (χ3n) is 2.61. The fourth-order valence-corrected chi connectivity index (χ4v) is 2.23. The van der Waals surface area contributed by atoms with Gasteiger partial charge in [-0.15, -0.1) is 0 Å². The average Bonchev–Trinajstić information content (AvgIpc) is 2.43. The van der Waals surface area contributed by atoms with E-state index in [0.29, 0.717) is 22.6 Å². The van der Waals surface area contributed by atoms with Crippen LogP contribution in [0.5, 0.6) is 0 Å². The van der Waals surface area contributed by atoms with E-state index >= 15 is 0 Å². The van der Waals surface area contributed by atoms with Crippen LogP contribution in [-0.4, -0.2) is 30.2 Å². The molecule has 0 unspecified atom stereocenters. The molecule has 0 fully saturated rings. The second-order valence-corrected chi connectivity index (χ2v) is 5.19. The third-order valence-corrected chi connectivity index (χ3v) is 3.04. The molecule has 0 spiro atoms. The summed E-state index contributed by atoms with van der Waals surface area (Å²) in [6.07, 6.45) is 2.59. The predicted octanol–water partition coefficient (Wildman–Crippen LogP) is 3.98. The first-order chi connectivity index (χ1) is 10.2. The van der Waals surface area contributed by atoms with Crippen molar-refractivity contribution >= 4 is 40.7 Å². The lowest BCUT2D eigenvalue weighted by atomic mass is 10.3. The van der Waals surface area contributed by atoms with Crippen molar-refractivity contribution in [2.24, 2.45) is 0 Å². The third kappa shape index (κ3) is 5.38. The number of hydrogen-bond acceptors (Lipinski definition) is 5. The smallest absolute Gasteiger partial charge is 0.229 e. The summed E-state index contributed by atoms with van der Waals surface area (Å²) < 4.78 is 4.99. The van der Waals surface area contributed by atoms with E-state index in [1.54, 1.807) is 31.5 Å². The molecule has 5 nitrogen and oxygen atoms in total. The van der Waals surface area contributed by atoms with Crippen molar-refractivity contribution in [1.82, 2.24) is 9.97 Å². The summed E-state index contributed by atoms with van der Waals surface area (Å²) in [6, 6.07) is 7.00. The summed E-state index contributed by atoms with van der Waals surface area (Å²) in [4.78, 5) is 8.53. The number of hydrogen-bond donors (Lipinski definition) is 2. The number of halogens is 2. The number of nitrogens with one attached hydrogen (secondary N) is 2. The van der Waals surface area contributed by atoms with Crippen LogP contribution in [-0.2, 0) is 4.74 Å². The van der Waals surface area contributed by atoms with Gasteiger partial charge in [0.05, 0.1) is 0 Å². The van der Waals surface area contributed by atoms with Crippen molar-refractivity contribution in [2.45, 2.75) is 6.42 Å². The quantitative estimate of drug-likeness (QED) is 0.754. The van der Waals surface area contributed by atoms with Crippen LogP contribution in [0.25, 0.3) is 0 Å². The highest BCUT2D eigenvalue weighted by atomic mass is 35.5. The molecule has 0 aliphatic heterocycles. The van der Waals surface area contributed by atoms with Gasteiger partial charge >= 0.3 is 0 Å². The largest absolute Gasteiger partial charge is 0.385 e. The predicted molar refractivity (Wildman–Crippen MR) is 86.8 cm³/mol. The minimum Gasteiger partial charge on any atom is -0.385 e. The number of anilines is 3. The topological polar surface area (TPSA) is 59.1 Å². The maximum atomic E-state index is 5.96. The van der Waals surface area contributed by atoms with E-state index < -0.39 is 0 Å². The van der Waals surface area contributed by atoms with Crippen molar-refractivity contribution in [3.05, 3.63) is 40.5 Å². The Labute approximate surface area is 133 Å². The normalized spacial score (nSPS) is 10.4. The van der Waals surface area contributed by atoms with Gasteiger partial charge in [0, 0.05) is 42.2 Å². The van der Waals surface area contributed by atoms with Gasteiger partial charge in [0.15, 0.2) is 0 Å². The molecule has 0 aliphatic carbocycles. The Kier molecular flexibility index (Phi) is 6.04. The highest BCUT2D eigenvalue weighted by molar-refractivity contribution is 6.35. The summed E-state index contributed by atoms with van der Waals surface area (Å²) in [6.45, 7) is 1.50. The van der Waals surface area contributed by atoms with Gasteiger partial charge in [-0.1, -0.05) is 23.2 Å². The molecule has 2 N–H and O–H groups in total. The molecular formula is C14H16Cl2N4O. The molecule has 1 aromatic carbocycles. The van der Waals surface area contributed by atoms with Gasteiger partial charge in [-0.3, -0.25) is 0 Å². The standard InChI is InChI=1S/C14H16Cl2N4O/c1-21-6-2-4-17-13-3-5-18-14(20-13)19-12-8-10(15)7-11(16)9-12/h3,5,7-9H,2,4,6H2,1H3,(H2,17,18,19,20). The zero-order valence-electron chi connectivity index (χ0n) is 11.6. The first kappa shape index (κ1) is 15.8. The van der Waals surface area contributed by atoms with Gasteiger partial charge in [0.1, 0.15) is 5.82 Å². The van der Waals surface area contributed by atoms with E-state index in [-0.39, 0.29) is 0 Å². The summed E-state index contributed by atoms with van der Waals surface area (Å²) in [5.74, 6) is 1.22.